The second-order valence-corrected chi connectivity index (χ2v) is 8.22. The lowest BCUT2D eigenvalue weighted by molar-refractivity contribution is 0.0994. The third-order valence-corrected chi connectivity index (χ3v) is 6.32. The predicted molar refractivity (Wildman–Crippen MR) is 100 cm³/mol. The van der Waals surface area contributed by atoms with Crippen molar-refractivity contribution < 1.29 is 4.79 Å². The lowest BCUT2D eigenvalue weighted by Crippen LogP contribution is -2.22. The molecule has 1 atom stereocenters. The van der Waals surface area contributed by atoms with Crippen LogP contribution in [0.3, 0.4) is 0 Å². The maximum atomic E-state index is 12.6. The molecular formula is C18H18N2O2S2. The minimum absolute atomic E-state index is 0.0356. The third kappa shape index (κ3) is 2.91. The van der Waals surface area contributed by atoms with Crippen LogP contribution in [0, 0.1) is 13.8 Å². The van der Waals surface area contributed by atoms with E-state index < -0.39 is 0 Å². The van der Waals surface area contributed by atoms with E-state index in [2.05, 4.69) is 4.98 Å². The van der Waals surface area contributed by atoms with Crippen molar-refractivity contribution >= 4 is 39.1 Å². The summed E-state index contributed by atoms with van der Waals surface area (Å²) in [6.07, 6.45) is 0. The van der Waals surface area contributed by atoms with Crippen LogP contribution in [-0.4, -0.2) is 20.6 Å². The molecule has 2 heterocycles. The molecule has 24 heavy (non-hydrogen) atoms. The van der Waals surface area contributed by atoms with E-state index in [0.29, 0.717) is 16.1 Å². The maximum absolute atomic E-state index is 12.6. The van der Waals surface area contributed by atoms with E-state index in [1.807, 2.05) is 39.0 Å². The Labute approximate surface area is 148 Å². The van der Waals surface area contributed by atoms with Crippen molar-refractivity contribution in [2.75, 3.05) is 0 Å². The Hall–Kier alpha value is -1.92. The van der Waals surface area contributed by atoms with E-state index in [9.17, 15) is 9.59 Å². The zero-order chi connectivity index (χ0) is 17.4. The number of hydrogen-bond acceptors (Lipinski definition) is 5. The van der Waals surface area contributed by atoms with Gasteiger partial charge < -0.3 is 0 Å². The summed E-state index contributed by atoms with van der Waals surface area (Å²) in [4.78, 5) is 31.6. The Bertz CT molecular complexity index is 974. The molecule has 0 aliphatic rings. The number of benzene rings is 1. The number of aryl methyl sites for hydroxylation is 2. The summed E-state index contributed by atoms with van der Waals surface area (Å²) in [5.41, 5.74) is 1.61. The highest BCUT2D eigenvalue weighted by Gasteiger charge is 2.21. The van der Waals surface area contributed by atoms with Gasteiger partial charge in [0.2, 0.25) is 0 Å². The van der Waals surface area contributed by atoms with Gasteiger partial charge in [-0.05, 0) is 26.3 Å². The topological polar surface area (TPSA) is 52.0 Å². The van der Waals surface area contributed by atoms with Gasteiger partial charge in [0.15, 0.2) is 10.9 Å². The van der Waals surface area contributed by atoms with Crippen molar-refractivity contribution in [1.29, 1.82) is 0 Å². The SMILES string of the molecule is Cc1sc2nc(SC(C)C(=O)c3ccccc3)n(C)c(=O)c2c1C. The number of aromatic nitrogens is 2. The third-order valence-electron chi connectivity index (χ3n) is 4.08. The van der Waals surface area contributed by atoms with Crippen molar-refractivity contribution in [3.63, 3.8) is 0 Å². The number of rotatable bonds is 4. The molecule has 3 aromatic rings. The van der Waals surface area contributed by atoms with Gasteiger partial charge in [-0.15, -0.1) is 11.3 Å². The summed E-state index contributed by atoms with van der Waals surface area (Å²) in [5.74, 6) is 0.0356. The lowest BCUT2D eigenvalue weighted by atomic mass is 10.1. The molecule has 0 N–H and O–H groups in total. The van der Waals surface area contributed by atoms with Crippen LogP contribution in [0.5, 0.6) is 0 Å². The molecule has 0 spiro atoms. The van der Waals surface area contributed by atoms with Crippen molar-refractivity contribution in [3.8, 4) is 0 Å². The highest BCUT2D eigenvalue weighted by Crippen LogP contribution is 2.29. The maximum Gasteiger partial charge on any atom is 0.262 e. The Morgan fingerprint density at radius 2 is 1.92 bits per heavy atom. The first kappa shape index (κ1) is 16.9. The van der Waals surface area contributed by atoms with Gasteiger partial charge in [-0.1, -0.05) is 42.1 Å². The van der Waals surface area contributed by atoms with E-state index in [4.69, 9.17) is 0 Å². The molecule has 1 aromatic carbocycles. The van der Waals surface area contributed by atoms with Gasteiger partial charge in [-0.3, -0.25) is 14.2 Å². The molecule has 0 saturated carbocycles. The fourth-order valence-corrected chi connectivity index (χ4v) is 4.53. The first-order valence-corrected chi connectivity index (χ1v) is 9.32. The Morgan fingerprint density at radius 3 is 2.58 bits per heavy atom. The molecule has 0 bridgehead atoms. The molecule has 0 saturated heterocycles. The zero-order valence-electron chi connectivity index (χ0n) is 14.0. The fourth-order valence-electron chi connectivity index (χ4n) is 2.51. The van der Waals surface area contributed by atoms with Crippen molar-refractivity contribution in [2.45, 2.75) is 31.2 Å². The van der Waals surface area contributed by atoms with E-state index in [-0.39, 0.29) is 16.6 Å². The predicted octanol–water partition coefficient (Wildman–Crippen LogP) is 3.98. The molecule has 124 valence electrons. The molecule has 6 heteroatoms. The average molecular weight is 358 g/mol. The number of Topliss-reactive ketones (excluding diaryl/α,β-unsaturated/α-hetero) is 1. The van der Waals surface area contributed by atoms with Crippen LogP contribution in [-0.2, 0) is 7.05 Å². The number of carbonyl (C=O) groups is 1. The van der Waals surface area contributed by atoms with Gasteiger partial charge in [-0.2, -0.15) is 0 Å². The van der Waals surface area contributed by atoms with Crippen LogP contribution < -0.4 is 5.56 Å². The number of thioether (sulfide) groups is 1. The monoisotopic (exact) mass is 358 g/mol. The smallest absolute Gasteiger partial charge is 0.262 e. The van der Waals surface area contributed by atoms with Crippen LogP contribution in [0.25, 0.3) is 10.2 Å². The lowest BCUT2D eigenvalue weighted by Gasteiger charge is -2.12. The first-order chi connectivity index (χ1) is 11.4. The van der Waals surface area contributed by atoms with Gasteiger partial charge in [-0.25, -0.2) is 4.98 Å². The molecule has 0 aliphatic heterocycles. The molecule has 1 unspecified atom stereocenters. The number of thiophene rings is 1. The largest absolute Gasteiger partial charge is 0.293 e. The molecule has 0 radical (unpaired) electrons. The Kier molecular flexibility index (Phi) is 4.60. The first-order valence-electron chi connectivity index (χ1n) is 7.62. The van der Waals surface area contributed by atoms with E-state index in [1.165, 1.54) is 23.1 Å². The molecule has 0 aliphatic carbocycles. The minimum Gasteiger partial charge on any atom is -0.293 e. The Balaban J connectivity index is 1.97. The van der Waals surface area contributed by atoms with Crippen molar-refractivity contribution in [1.82, 2.24) is 9.55 Å². The van der Waals surface area contributed by atoms with Crippen LogP contribution in [0.1, 0.15) is 27.7 Å². The molecular weight excluding hydrogens is 340 g/mol. The number of fused-ring (bicyclic) bond motifs is 1. The molecule has 4 nitrogen and oxygen atoms in total. The van der Waals surface area contributed by atoms with E-state index in [0.717, 1.165) is 15.3 Å². The quantitative estimate of drug-likeness (QED) is 0.402. The van der Waals surface area contributed by atoms with Crippen LogP contribution >= 0.6 is 23.1 Å². The number of ketones is 1. The molecule has 0 fully saturated rings. The standard InChI is InChI=1S/C18H18N2O2S2/c1-10-11(2)23-16-14(10)17(22)20(4)18(19-16)24-12(3)15(21)13-8-6-5-7-9-13/h5-9,12H,1-4H3. The Morgan fingerprint density at radius 1 is 1.25 bits per heavy atom. The fraction of sp³-hybridized carbons (Fsp3) is 0.278. The van der Waals surface area contributed by atoms with Crippen LogP contribution in [0.4, 0.5) is 0 Å². The highest BCUT2D eigenvalue weighted by atomic mass is 32.2. The summed E-state index contributed by atoms with van der Waals surface area (Å²) in [6.45, 7) is 5.79. The second kappa shape index (κ2) is 6.53. The number of nitrogens with zero attached hydrogens (tertiary/aromatic N) is 2. The molecule has 2 aromatic heterocycles. The summed E-state index contributed by atoms with van der Waals surface area (Å²) in [7, 11) is 1.71. The van der Waals surface area contributed by atoms with Gasteiger partial charge >= 0.3 is 0 Å². The van der Waals surface area contributed by atoms with Gasteiger partial charge in [0.1, 0.15) is 4.83 Å². The summed E-state index contributed by atoms with van der Waals surface area (Å²) in [5, 5.41) is 0.946. The summed E-state index contributed by atoms with van der Waals surface area (Å²) < 4.78 is 1.54. The van der Waals surface area contributed by atoms with Crippen molar-refractivity contribution in [3.05, 3.63) is 56.7 Å². The summed E-state index contributed by atoms with van der Waals surface area (Å²) >= 11 is 2.85. The molecule has 3 rings (SSSR count). The molecule has 0 amide bonds. The summed E-state index contributed by atoms with van der Waals surface area (Å²) in [6, 6.07) is 9.20. The van der Waals surface area contributed by atoms with Gasteiger partial charge in [0.05, 0.1) is 10.6 Å². The van der Waals surface area contributed by atoms with E-state index >= 15 is 0 Å². The minimum atomic E-state index is -0.315. The number of hydrogen-bond donors (Lipinski definition) is 0. The van der Waals surface area contributed by atoms with Crippen LogP contribution in [0.15, 0.2) is 40.3 Å². The van der Waals surface area contributed by atoms with E-state index in [1.54, 1.807) is 23.7 Å². The zero-order valence-corrected chi connectivity index (χ0v) is 15.6. The average Bonchev–Trinajstić information content (AvgIpc) is 2.86. The van der Waals surface area contributed by atoms with Gasteiger partial charge in [0, 0.05) is 17.5 Å². The van der Waals surface area contributed by atoms with Gasteiger partial charge in [0.25, 0.3) is 5.56 Å². The highest BCUT2D eigenvalue weighted by molar-refractivity contribution is 8.00. The van der Waals surface area contributed by atoms with Crippen LogP contribution in [0.2, 0.25) is 0 Å². The normalized spacial score (nSPS) is 12.5. The second-order valence-electron chi connectivity index (χ2n) is 5.71. The van der Waals surface area contributed by atoms with Crippen molar-refractivity contribution in [2.24, 2.45) is 7.05 Å². The number of carbonyl (C=O) groups excluding carboxylic acids is 1.